The van der Waals surface area contributed by atoms with E-state index in [0.29, 0.717) is 18.2 Å². The fraction of sp³-hybridized carbons (Fsp3) is 0.190. The second-order valence-electron chi connectivity index (χ2n) is 6.86. The summed E-state index contributed by atoms with van der Waals surface area (Å²) in [5.41, 5.74) is 3.38. The third-order valence-corrected chi connectivity index (χ3v) is 5.09. The van der Waals surface area contributed by atoms with Crippen molar-refractivity contribution >= 4 is 11.7 Å². The van der Waals surface area contributed by atoms with E-state index in [1.807, 2.05) is 36.4 Å². The summed E-state index contributed by atoms with van der Waals surface area (Å²) in [6.45, 7) is 0. The van der Waals surface area contributed by atoms with Gasteiger partial charge in [0.2, 0.25) is 5.95 Å². The molecule has 1 aliphatic carbocycles. The maximum absolute atomic E-state index is 12.8. The maximum atomic E-state index is 12.8. The van der Waals surface area contributed by atoms with Crippen molar-refractivity contribution in [3.63, 3.8) is 0 Å². The highest BCUT2D eigenvalue weighted by Gasteiger charge is 2.36. The normalized spacial score (nSPS) is 18.7. The molecule has 0 amide bonds. The number of anilines is 1. The second-order valence-corrected chi connectivity index (χ2v) is 6.86. The van der Waals surface area contributed by atoms with E-state index in [9.17, 15) is 9.90 Å². The largest absolute Gasteiger partial charge is 0.508 e. The van der Waals surface area contributed by atoms with Crippen LogP contribution in [0.25, 0.3) is 11.4 Å². The van der Waals surface area contributed by atoms with Gasteiger partial charge in [-0.1, -0.05) is 42.5 Å². The van der Waals surface area contributed by atoms with E-state index in [0.717, 1.165) is 35.2 Å². The third kappa shape index (κ3) is 2.61. The number of ketones is 1. The Kier molecular flexibility index (Phi) is 3.57. The number of allylic oxidation sites excluding steroid dienone is 2. The van der Waals surface area contributed by atoms with Crippen LogP contribution in [0.5, 0.6) is 5.75 Å². The zero-order chi connectivity index (χ0) is 18.4. The van der Waals surface area contributed by atoms with Gasteiger partial charge in [0.05, 0.1) is 0 Å². The Labute approximate surface area is 156 Å². The number of Topliss-reactive ketones (excluding diaryl/α,β-unsaturated/α-hetero) is 1. The molecule has 0 spiro atoms. The van der Waals surface area contributed by atoms with Crippen molar-refractivity contribution in [2.45, 2.75) is 25.3 Å². The predicted molar refractivity (Wildman–Crippen MR) is 101 cm³/mol. The Bertz CT molecular complexity index is 1070. The molecule has 3 aromatic rings. The molecule has 6 nitrogen and oxygen atoms in total. The Morgan fingerprint density at radius 1 is 1.07 bits per heavy atom. The van der Waals surface area contributed by atoms with Crippen molar-refractivity contribution in [1.82, 2.24) is 14.8 Å². The monoisotopic (exact) mass is 358 g/mol. The number of nitrogens with zero attached hydrogens (tertiary/aromatic N) is 3. The van der Waals surface area contributed by atoms with Crippen molar-refractivity contribution in [2.24, 2.45) is 0 Å². The SMILES string of the molecule is O=C1CCCC2=C1C(c1cccc(O)c1)n1nc(-c3ccccc3)nc1N2. The first-order valence-electron chi connectivity index (χ1n) is 9.05. The van der Waals surface area contributed by atoms with Gasteiger partial charge in [-0.3, -0.25) is 4.79 Å². The standard InChI is InChI=1S/C21H18N4O2/c26-15-9-4-8-14(12-15)19-18-16(10-5-11-17(18)27)22-21-23-20(24-25(19)21)13-6-2-1-3-7-13/h1-4,6-9,12,19,26H,5,10-11H2,(H,22,23,24). The van der Waals surface area contributed by atoms with E-state index in [4.69, 9.17) is 5.10 Å². The average molecular weight is 358 g/mol. The van der Waals surface area contributed by atoms with Crippen molar-refractivity contribution in [3.05, 3.63) is 71.4 Å². The van der Waals surface area contributed by atoms with Gasteiger partial charge in [-0.05, 0) is 30.5 Å². The fourth-order valence-corrected chi connectivity index (χ4v) is 3.87. The fourth-order valence-electron chi connectivity index (χ4n) is 3.87. The summed E-state index contributed by atoms with van der Waals surface area (Å²) < 4.78 is 1.76. The van der Waals surface area contributed by atoms with Crippen LogP contribution in [-0.4, -0.2) is 25.7 Å². The van der Waals surface area contributed by atoms with Crippen LogP contribution in [0.15, 0.2) is 65.9 Å². The van der Waals surface area contributed by atoms with Crippen LogP contribution >= 0.6 is 0 Å². The highest BCUT2D eigenvalue weighted by atomic mass is 16.3. The third-order valence-electron chi connectivity index (χ3n) is 5.09. The van der Waals surface area contributed by atoms with Crippen molar-refractivity contribution in [2.75, 3.05) is 5.32 Å². The van der Waals surface area contributed by atoms with Gasteiger partial charge >= 0.3 is 0 Å². The van der Waals surface area contributed by atoms with Gasteiger partial charge in [-0.2, -0.15) is 4.98 Å². The Balaban J connectivity index is 1.70. The molecule has 2 heterocycles. The molecule has 2 aromatic carbocycles. The molecule has 2 aliphatic rings. The van der Waals surface area contributed by atoms with Crippen LogP contribution in [0.4, 0.5) is 5.95 Å². The van der Waals surface area contributed by atoms with Gasteiger partial charge < -0.3 is 10.4 Å². The molecule has 5 rings (SSSR count). The van der Waals surface area contributed by atoms with E-state index >= 15 is 0 Å². The van der Waals surface area contributed by atoms with Gasteiger partial charge in [-0.15, -0.1) is 5.10 Å². The lowest BCUT2D eigenvalue weighted by molar-refractivity contribution is -0.116. The van der Waals surface area contributed by atoms with Gasteiger partial charge in [0.15, 0.2) is 11.6 Å². The van der Waals surface area contributed by atoms with E-state index in [1.54, 1.807) is 22.9 Å². The van der Waals surface area contributed by atoms with Crippen LogP contribution in [-0.2, 0) is 4.79 Å². The lowest BCUT2D eigenvalue weighted by atomic mass is 9.85. The molecular formula is C21H18N4O2. The highest BCUT2D eigenvalue weighted by Crippen LogP contribution is 2.41. The van der Waals surface area contributed by atoms with Crippen LogP contribution in [0.1, 0.15) is 30.9 Å². The number of carbonyl (C=O) groups is 1. The quantitative estimate of drug-likeness (QED) is 0.731. The van der Waals surface area contributed by atoms with Crippen molar-refractivity contribution in [3.8, 4) is 17.1 Å². The van der Waals surface area contributed by atoms with Crippen molar-refractivity contribution < 1.29 is 9.90 Å². The van der Waals surface area contributed by atoms with Crippen LogP contribution in [0.3, 0.4) is 0 Å². The minimum Gasteiger partial charge on any atom is -0.508 e. The molecular weight excluding hydrogens is 340 g/mol. The number of phenolic OH excluding ortho intramolecular Hbond substituents is 1. The zero-order valence-electron chi connectivity index (χ0n) is 14.6. The van der Waals surface area contributed by atoms with Gasteiger partial charge in [0.25, 0.3) is 0 Å². The topological polar surface area (TPSA) is 80.0 Å². The molecule has 1 atom stereocenters. The molecule has 1 aromatic heterocycles. The Morgan fingerprint density at radius 3 is 2.74 bits per heavy atom. The zero-order valence-corrected chi connectivity index (χ0v) is 14.6. The first-order chi connectivity index (χ1) is 13.2. The molecule has 134 valence electrons. The number of aromatic nitrogens is 3. The minimum absolute atomic E-state index is 0.125. The molecule has 6 heteroatoms. The lowest BCUT2D eigenvalue weighted by Gasteiger charge is -2.32. The number of benzene rings is 2. The summed E-state index contributed by atoms with van der Waals surface area (Å²) in [5.74, 6) is 1.52. The van der Waals surface area contributed by atoms with Crippen molar-refractivity contribution in [1.29, 1.82) is 0 Å². The summed E-state index contributed by atoms with van der Waals surface area (Å²) in [5, 5.41) is 18.0. The average Bonchev–Trinajstić information content (AvgIpc) is 3.11. The molecule has 1 aliphatic heterocycles. The van der Waals surface area contributed by atoms with E-state index in [1.165, 1.54) is 0 Å². The first-order valence-corrected chi connectivity index (χ1v) is 9.05. The molecule has 0 saturated carbocycles. The Hall–Kier alpha value is -3.41. The van der Waals surface area contributed by atoms with E-state index < -0.39 is 0 Å². The molecule has 0 saturated heterocycles. The van der Waals surface area contributed by atoms with Gasteiger partial charge in [0.1, 0.15) is 11.8 Å². The number of aromatic hydroxyl groups is 1. The number of phenols is 1. The molecule has 1 unspecified atom stereocenters. The summed E-state index contributed by atoms with van der Waals surface area (Å²) in [6.07, 6.45) is 2.17. The summed E-state index contributed by atoms with van der Waals surface area (Å²) in [4.78, 5) is 17.4. The van der Waals surface area contributed by atoms with Crippen LogP contribution in [0.2, 0.25) is 0 Å². The number of hydrogen-bond acceptors (Lipinski definition) is 5. The van der Waals surface area contributed by atoms with E-state index in [2.05, 4.69) is 10.3 Å². The molecule has 0 fully saturated rings. The molecule has 2 N–H and O–H groups in total. The smallest absolute Gasteiger partial charge is 0.226 e. The number of carbonyl (C=O) groups excluding carboxylic acids is 1. The van der Waals surface area contributed by atoms with Crippen LogP contribution in [0, 0.1) is 0 Å². The summed E-state index contributed by atoms with van der Waals surface area (Å²) in [7, 11) is 0. The van der Waals surface area contributed by atoms with Gasteiger partial charge in [0, 0.05) is 23.3 Å². The lowest BCUT2D eigenvalue weighted by Crippen LogP contribution is -2.31. The first kappa shape index (κ1) is 15.8. The Morgan fingerprint density at radius 2 is 1.93 bits per heavy atom. The predicted octanol–water partition coefficient (Wildman–Crippen LogP) is 3.67. The number of nitrogens with one attached hydrogen (secondary N) is 1. The van der Waals surface area contributed by atoms with Gasteiger partial charge in [-0.25, -0.2) is 4.68 Å². The minimum atomic E-state index is -0.388. The second kappa shape index (κ2) is 6.09. The summed E-state index contributed by atoms with van der Waals surface area (Å²) >= 11 is 0. The van der Waals surface area contributed by atoms with E-state index in [-0.39, 0.29) is 17.6 Å². The number of fused-ring (bicyclic) bond motifs is 1. The highest BCUT2D eigenvalue weighted by molar-refractivity contribution is 5.99. The number of rotatable bonds is 2. The van der Waals surface area contributed by atoms with Crippen LogP contribution < -0.4 is 5.32 Å². The molecule has 0 radical (unpaired) electrons. The summed E-state index contributed by atoms with van der Waals surface area (Å²) in [6, 6.07) is 16.4. The molecule has 27 heavy (non-hydrogen) atoms. The maximum Gasteiger partial charge on any atom is 0.226 e. The number of hydrogen-bond donors (Lipinski definition) is 2. The molecule has 0 bridgehead atoms.